The smallest absolute Gasteiger partial charge is 0.277 e. The summed E-state index contributed by atoms with van der Waals surface area (Å²) in [5.74, 6) is -0.0537. The fourth-order valence-electron chi connectivity index (χ4n) is 2.42. The Morgan fingerprint density at radius 3 is 2.86 bits per heavy atom. The summed E-state index contributed by atoms with van der Waals surface area (Å²) >= 11 is 1.42. The van der Waals surface area contributed by atoms with Gasteiger partial charge >= 0.3 is 0 Å². The molecule has 0 atom stereocenters. The van der Waals surface area contributed by atoms with E-state index in [1.54, 1.807) is 12.4 Å². The van der Waals surface area contributed by atoms with Crippen LogP contribution in [0.3, 0.4) is 0 Å². The van der Waals surface area contributed by atoms with Gasteiger partial charge < -0.3 is 0 Å². The molecule has 3 heterocycles. The first-order valence-corrected chi connectivity index (χ1v) is 7.99. The van der Waals surface area contributed by atoms with Crippen molar-refractivity contribution in [2.45, 2.75) is 26.2 Å². The van der Waals surface area contributed by atoms with Gasteiger partial charge in [0, 0.05) is 31.0 Å². The largest absolute Gasteiger partial charge is 0.284 e. The van der Waals surface area contributed by atoms with Crippen molar-refractivity contribution in [3.63, 3.8) is 0 Å². The molecule has 1 fully saturated rings. The molecule has 0 aromatic carbocycles. The number of rotatable bonds is 3. The average Bonchev–Trinajstić information content (AvgIpc) is 2.91. The third-order valence-electron chi connectivity index (χ3n) is 3.53. The summed E-state index contributed by atoms with van der Waals surface area (Å²) in [4.78, 5) is 21.7. The van der Waals surface area contributed by atoms with Crippen molar-refractivity contribution in [1.82, 2.24) is 20.4 Å². The number of aryl methyl sites for hydroxylation is 1. The Hall–Kier alpha value is -1.79. The number of pyridine rings is 1. The number of nitrogens with one attached hydrogen (secondary N) is 1. The summed E-state index contributed by atoms with van der Waals surface area (Å²) in [5, 5.41) is 2.85. The highest BCUT2D eigenvalue weighted by molar-refractivity contribution is 7.17. The standard InChI is InChI=1S/C15H18N4OS/c1-11-13(14(20)18-19-8-3-2-4-9-19)21-15(17-11)12-6-5-7-16-10-12/h5-7,10H,2-4,8-9H2,1H3,(H,18,20). The molecule has 110 valence electrons. The summed E-state index contributed by atoms with van der Waals surface area (Å²) in [6.45, 7) is 3.74. The number of hydrazine groups is 1. The molecule has 0 radical (unpaired) electrons. The molecule has 6 heteroatoms. The van der Waals surface area contributed by atoms with E-state index < -0.39 is 0 Å². The Morgan fingerprint density at radius 1 is 1.33 bits per heavy atom. The SMILES string of the molecule is Cc1nc(-c2cccnc2)sc1C(=O)NN1CCCCC1. The summed E-state index contributed by atoms with van der Waals surface area (Å²) < 4.78 is 0. The second kappa shape index (κ2) is 6.32. The predicted octanol–water partition coefficient (Wildman–Crippen LogP) is 2.64. The maximum absolute atomic E-state index is 12.4. The molecular formula is C15H18N4OS. The number of thiazole rings is 1. The minimum absolute atomic E-state index is 0.0537. The van der Waals surface area contributed by atoms with Gasteiger partial charge in [-0.15, -0.1) is 11.3 Å². The number of amides is 1. The first-order valence-electron chi connectivity index (χ1n) is 7.18. The molecule has 3 rings (SSSR count). The van der Waals surface area contributed by atoms with Crippen molar-refractivity contribution in [1.29, 1.82) is 0 Å². The molecule has 0 bridgehead atoms. The Labute approximate surface area is 128 Å². The van der Waals surface area contributed by atoms with Crippen molar-refractivity contribution < 1.29 is 4.79 Å². The summed E-state index contributed by atoms with van der Waals surface area (Å²) in [7, 11) is 0. The molecule has 1 amide bonds. The Kier molecular flexibility index (Phi) is 4.26. The van der Waals surface area contributed by atoms with Crippen LogP contribution in [0.4, 0.5) is 0 Å². The van der Waals surface area contributed by atoms with Crippen LogP contribution in [-0.2, 0) is 0 Å². The molecule has 21 heavy (non-hydrogen) atoms. The third kappa shape index (κ3) is 3.28. The van der Waals surface area contributed by atoms with Crippen LogP contribution >= 0.6 is 11.3 Å². The van der Waals surface area contributed by atoms with Crippen LogP contribution in [0.5, 0.6) is 0 Å². The molecule has 0 saturated carbocycles. The van der Waals surface area contributed by atoms with Gasteiger partial charge in [0.05, 0.1) is 5.69 Å². The van der Waals surface area contributed by atoms with Crippen LogP contribution < -0.4 is 5.43 Å². The van der Waals surface area contributed by atoms with E-state index in [0.29, 0.717) is 4.88 Å². The lowest BCUT2D eigenvalue weighted by Gasteiger charge is -2.26. The van der Waals surface area contributed by atoms with E-state index in [1.165, 1.54) is 17.8 Å². The van der Waals surface area contributed by atoms with E-state index in [9.17, 15) is 4.79 Å². The molecule has 0 aliphatic carbocycles. The van der Waals surface area contributed by atoms with E-state index in [2.05, 4.69) is 15.4 Å². The van der Waals surface area contributed by atoms with Crippen LogP contribution in [0.2, 0.25) is 0 Å². The molecule has 1 saturated heterocycles. The minimum Gasteiger partial charge on any atom is -0.284 e. The van der Waals surface area contributed by atoms with Gasteiger partial charge in [-0.1, -0.05) is 6.42 Å². The number of aromatic nitrogens is 2. The molecule has 0 unspecified atom stereocenters. The highest BCUT2D eigenvalue weighted by atomic mass is 32.1. The van der Waals surface area contributed by atoms with Gasteiger partial charge in [-0.05, 0) is 31.9 Å². The van der Waals surface area contributed by atoms with Gasteiger partial charge in [0.2, 0.25) is 0 Å². The number of piperidine rings is 1. The normalized spacial score (nSPS) is 15.9. The fraction of sp³-hybridized carbons (Fsp3) is 0.400. The minimum atomic E-state index is -0.0537. The molecule has 2 aromatic heterocycles. The van der Waals surface area contributed by atoms with E-state index in [0.717, 1.165) is 42.2 Å². The molecular weight excluding hydrogens is 284 g/mol. The molecule has 1 aliphatic heterocycles. The zero-order chi connectivity index (χ0) is 14.7. The highest BCUT2D eigenvalue weighted by Crippen LogP contribution is 2.27. The predicted molar refractivity (Wildman–Crippen MR) is 83.0 cm³/mol. The molecule has 5 nitrogen and oxygen atoms in total. The Morgan fingerprint density at radius 2 is 2.14 bits per heavy atom. The third-order valence-corrected chi connectivity index (χ3v) is 4.73. The zero-order valence-corrected chi connectivity index (χ0v) is 12.8. The van der Waals surface area contributed by atoms with Crippen LogP contribution in [0, 0.1) is 6.92 Å². The van der Waals surface area contributed by atoms with Crippen LogP contribution in [0.25, 0.3) is 10.6 Å². The summed E-state index contributed by atoms with van der Waals surface area (Å²) in [5.41, 5.74) is 4.71. The zero-order valence-electron chi connectivity index (χ0n) is 12.0. The number of hydrogen-bond donors (Lipinski definition) is 1. The van der Waals surface area contributed by atoms with Crippen LogP contribution in [0.15, 0.2) is 24.5 Å². The lowest BCUT2D eigenvalue weighted by molar-refractivity contribution is 0.0753. The lowest BCUT2D eigenvalue weighted by Crippen LogP contribution is -2.44. The molecule has 1 aliphatic rings. The number of nitrogens with zero attached hydrogens (tertiary/aromatic N) is 3. The van der Waals surface area contributed by atoms with Crippen molar-refractivity contribution >= 4 is 17.2 Å². The van der Waals surface area contributed by atoms with Crippen molar-refractivity contribution in [3.05, 3.63) is 35.1 Å². The quantitative estimate of drug-likeness (QED) is 0.947. The van der Waals surface area contributed by atoms with E-state index >= 15 is 0 Å². The number of carbonyl (C=O) groups excluding carboxylic acids is 1. The fourth-order valence-corrected chi connectivity index (χ4v) is 3.37. The highest BCUT2D eigenvalue weighted by Gasteiger charge is 2.19. The van der Waals surface area contributed by atoms with Gasteiger partial charge in [-0.3, -0.25) is 15.2 Å². The summed E-state index contributed by atoms with van der Waals surface area (Å²) in [6.07, 6.45) is 7.03. The Balaban J connectivity index is 1.76. The first kappa shape index (κ1) is 14.2. The molecule has 0 spiro atoms. The second-order valence-corrected chi connectivity index (χ2v) is 6.16. The van der Waals surface area contributed by atoms with Crippen molar-refractivity contribution in [3.8, 4) is 10.6 Å². The second-order valence-electron chi connectivity index (χ2n) is 5.16. The monoisotopic (exact) mass is 302 g/mol. The topological polar surface area (TPSA) is 58.1 Å². The van der Waals surface area contributed by atoms with Gasteiger partial charge in [0.25, 0.3) is 5.91 Å². The number of hydrogen-bond acceptors (Lipinski definition) is 5. The van der Waals surface area contributed by atoms with Gasteiger partial charge in [0.15, 0.2) is 0 Å². The van der Waals surface area contributed by atoms with Crippen molar-refractivity contribution in [2.24, 2.45) is 0 Å². The molecule has 1 N–H and O–H groups in total. The maximum Gasteiger partial charge on any atom is 0.277 e. The number of carbonyl (C=O) groups is 1. The van der Waals surface area contributed by atoms with Gasteiger partial charge in [-0.25, -0.2) is 9.99 Å². The molecule has 2 aromatic rings. The van der Waals surface area contributed by atoms with Crippen molar-refractivity contribution in [2.75, 3.05) is 13.1 Å². The van der Waals surface area contributed by atoms with E-state index in [-0.39, 0.29) is 5.91 Å². The lowest BCUT2D eigenvalue weighted by atomic mass is 10.2. The Bertz CT molecular complexity index is 620. The maximum atomic E-state index is 12.4. The van der Waals surface area contributed by atoms with Crippen LogP contribution in [0.1, 0.15) is 34.6 Å². The van der Waals surface area contributed by atoms with Gasteiger partial charge in [-0.2, -0.15) is 0 Å². The van der Waals surface area contributed by atoms with E-state index in [1.807, 2.05) is 24.1 Å². The van der Waals surface area contributed by atoms with E-state index in [4.69, 9.17) is 0 Å². The first-order chi connectivity index (χ1) is 10.2. The van der Waals surface area contributed by atoms with Crippen LogP contribution in [-0.4, -0.2) is 34.0 Å². The average molecular weight is 302 g/mol. The summed E-state index contributed by atoms with van der Waals surface area (Å²) in [6, 6.07) is 3.83. The van der Waals surface area contributed by atoms with Gasteiger partial charge in [0.1, 0.15) is 9.88 Å².